The molecule has 1 aliphatic rings. The Balaban J connectivity index is 1.74. The van der Waals surface area contributed by atoms with Crippen LogP contribution in [0.25, 0.3) is 0 Å². The van der Waals surface area contributed by atoms with E-state index in [2.05, 4.69) is 46.0 Å². The topological polar surface area (TPSA) is 62.6 Å². The number of aryl methyl sites for hydroxylation is 2. The number of hydrogen-bond acceptors (Lipinski definition) is 6. The number of piperidine rings is 1. The average molecular weight is 394 g/mol. The fourth-order valence-corrected chi connectivity index (χ4v) is 3.39. The molecule has 6 heteroatoms. The van der Waals surface area contributed by atoms with Crippen molar-refractivity contribution in [3.8, 4) is 0 Å². The molecule has 0 spiro atoms. The van der Waals surface area contributed by atoms with Gasteiger partial charge < -0.3 is 9.64 Å². The first-order valence-electron chi connectivity index (χ1n) is 10.4. The monoisotopic (exact) mass is 393 g/mol. The second kappa shape index (κ2) is 10.6. The number of allylic oxidation sites excluding steroid dienone is 1. The van der Waals surface area contributed by atoms with Crippen LogP contribution >= 0.6 is 0 Å². The van der Waals surface area contributed by atoms with Gasteiger partial charge in [-0.1, -0.05) is 36.4 Å². The standard InChI is InChI=1S/C23H31N5O/c1-4-29-19(3)11-12-21-25-22(16-23(26-21)28-13-6-5-7-14-28)27-24-17-20-10-8-9-18(2)15-20/h8-10,15-17H,3-7,11-14H2,1-2H3,(H,25,26,27)/b24-17+. The van der Waals surface area contributed by atoms with Crippen LogP contribution in [0, 0.1) is 6.92 Å². The van der Waals surface area contributed by atoms with Crippen LogP contribution in [0.1, 0.15) is 49.6 Å². The average Bonchev–Trinajstić information content (AvgIpc) is 2.73. The maximum Gasteiger partial charge on any atom is 0.152 e. The first kappa shape index (κ1) is 20.8. The van der Waals surface area contributed by atoms with Gasteiger partial charge in [0, 0.05) is 32.0 Å². The first-order valence-corrected chi connectivity index (χ1v) is 10.4. The lowest BCUT2D eigenvalue weighted by atomic mass is 10.1. The summed E-state index contributed by atoms with van der Waals surface area (Å²) in [5, 5.41) is 4.38. The molecule has 1 saturated heterocycles. The SMILES string of the molecule is C=C(CCc1nc(N/N=C/c2cccc(C)c2)cc(N2CCCCC2)n1)OCC. The molecular formula is C23H31N5O. The van der Waals surface area contributed by atoms with Crippen LogP contribution in [0.15, 0.2) is 47.8 Å². The summed E-state index contributed by atoms with van der Waals surface area (Å²) in [6.07, 6.45) is 6.91. The molecule has 0 radical (unpaired) electrons. The quantitative estimate of drug-likeness (QED) is 0.380. The van der Waals surface area contributed by atoms with Crippen molar-refractivity contribution >= 4 is 17.9 Å². The van der Waals surface area contributed by atoms with E-state index in [-0.39, 0.29) is 0 Å². The maximum atomic E-state index is 5.46. The smallest absolute Gasteiger partial charge is 0.152 e. The Hall–Kier alpha value is -2.89. The number of rotatable bonds is 9. The largest absolute Gasteiger partial charge is 0.499 e. The van der Waals surface area contributed by atoms with E-state index in [1.54, 1.807) is 0 Å². The maximum absolute atomic E-state index is 5.46. The number of hydrazone groups is 1. The van der Waals surface area contributed by atoms with Crippen LogP contribution in [0.5, 0.6) is 0 Å². The van der Waals surface area contributed by atoms with Crippen molar-refractivity contribution in [2.24, 2.45) is 5.10 Å². The van der Waals surface area contributed by atoms with E-state index in [1.165, 1.54) is 24.8 Å². The van der Waals surface area contributed by atoms with E-state index in [9.17, 15) is 0 Å². The summed E-state index contributed by atoms with van der Waals surface area (Å²) in [5.74, 6) is 3.22. The summed E-state index contributed by atoms with van der Waals surface area (Å²) in [6.45, 7) is 10.7. The van der Waals surface area contributed by atoms with Gasteiger partial charge in [0.1, 0.15) is 11.6 Å². The highest BCUT2D eigenvalue weighted by Gasteiger charge is 2.15. The van der Waals surface area contributed by atoms with Crippen molar-refractivity contribution in [2.45, 2.75) is 46.0 Å². The molecule has 0 aliphatic carbocycles. The zero-order valence-electron chi connectivity index (χ0n) is 17.5. The normalized spacial score (nSPS) is 14.2. The minimum absolute atomic E-state index is 0.633. The Bertz CT molecular complexity index is 843. The lowest BCUT2D eigenvalue weighted by molar-refractivity contribution is 0.220. The summed E-state index contributed by atoms with van der Waals surface area (Å²) in [7, 11) is 0. The third kappa shape index (κ3) is 6.59. The lowest BCUT2D eigenvalue weighted by Crippen LogP contribution is -2.30. The zero-order chi connectivity index (χ0) is 20.5. The Morgan fingerprint density at radius 2 is 2.07 bits per heavy atom. The third-order valence-corrected chi connectivity index (χ3v) is 4.85. The van der Waals surface area contributed by atoms with Gasteiger partial charge >= 0.3 is 0 Å². The lowest BCUT2D eigenvalue weighted by Gasteiger charge is -2.28. The molecule has 6 nitrogen and oxygen atoms in total. The minimum Gasteiger partial charge on any atom is -0.499 e. The van der Waals surface area contributed by atoms with Crippen LogP contribution in [0.2, 0.25) is 0 Å². The van der Waals surface area contributed by atoms with E-state index >= 15 is 0 Å². The molecule has 1 fully saturated rings. The van der Waals surface area contributed by atoms with Gasteiger partial charge in [0.25, 0.3) is 0 Å². The summed E-state index contributed by atoms with van der Waals surface area (Å²) in [6, 6.07) is 10.2. The number of ether oxygens (including phenoxy) is 1. The van der Waals surface area contributed by atoms with E-state index in [0.717, 1.165) is 36.1 Å². The van der Waals surface area contributed by atoms with Crippen LogP contribution in [0.4, 0.5) is 11.6 Å². The van der Waals surface area contributed by atoms with E-state index in [0.29, 0.717) is 25.3 Å². The van der Waals surface area contributed by atoms with Crippen LogP contribution in [-0.2, 0) is 11.2 Å². The van der Waals surface area contributed by atoms with Gasteiger partial charge in [0.05, 0.1) is 18.6 Å². The number of hydrogen-bond donors (Lipinski definition) is 1. The van der Waals surface area contributed by atoms with Crippen molar-refractivity contribution in [1.29, 1.82) is 0 Å². The summed E-state index contributed by atoms with van der Waals surface area (Å²) < 4.78 is 5.46. The Morgan fingerprint density at radius 1 is 1.24 bits per heavy atom. The van der Waals surface area contributed by atoms with Gasteiger partial charge in [-0.05, 0) is 38.7 Å². The van der Waals surface area contributed by atoms with Crippen LogP contribution in [0.3, 0.4) is 0 Å². The highest BCUT2D eigenvalue weighted by Crippen LogP contribution is 2.21. The summed E-state index contributed by atoms with van der Waals surface area (Å²) in [5.41, 5.74) is 5.34. The Labute approximate surface area is 173 Å². The van der Waals surface area contributed by atoms with Crippen molar-refractivity contribution in [3.63, 3.8) is 0 Å². The van der Waals surface area contributed by atoms with Crippen molar-refractivity contribution < 1.29 is 4.74 Å². The highest BCUT2D eigenvalue weighted by molar-refractivity contribution is 5.80. The second-order valence-corrected chi connectivity index (χ2v) is 7.33. The van der Waals surface area contributed by atoms with Gasteiger partial charge in [-0.2, -0.15) is 5.10 Å². The molecule has 3 rings (SSSR count). The fraction of sp³-hybridized carbons (Fsp3) is 0.435. The minimum atomic E-state index is 0.633. The molecule has 0 atom stereocenters. The molecule has 29 heavy (non-hydrogen) atoms. The molecule has 2 heterocycles. The molecule has 1 aliphatic heterocycles. The molecule has 0 saturated carbocycles. The molecule has 0 unspecified atom stereocenters. The third-order valence-electron chi connectivity index (χ3n) is 4.85. The van der Waals surface area contributed by atoms with Crippen molar-refractivity contribution in [1.82, 2.24) is 9.97 Å². The molecule has 1 aromatic heterocycles. The van der Waals surface area contributed by atoms with Crippen LogP contribution < -0.4 is 10.3 Å². The predicted octanol–water partition coefficient (Wildman–Crippen LogP) is 4.70. The van der Waals surface area contributed by atoms with Crippen molar-refractivity contribution in [2.75, 3.05) is 30.0 Å². The molecule has 1 N–H and O–H groups in total. The van der Waals surface area contributed by atoms with Gasteiger partial charge in [-0.25, -0.2) is 9.97 Å². The number of benzene rings is 1. The van der Waals surface area contributed by atoms with Gasteiger partial charge in [0.2, 0.25) is 0 Å². The van der Waals surface area contributed by atoms with E-state index in [4.69, 9.17) is 9.72 Å². The Kier molecular flexibility index (Phi) is 7.61. The zero-order valence-corrected chi connectivity index (χ0v) is 17.5. The predicted molar refractivity (Wildman–Crippen MR) is 120 cm³/mol. The van der Waals surface area contributed by atoms with Crippen molar-refractivity contribution in [3.05, 3.63) is 59.6 Å². The Morgan fingerprint density at radius 3 is 2.83 bits per heavy atom. The molecular weight excluding hydrogens is 362 g/mol. The van der Waals surface area contributed by atoms with Gasteiger partial charge in [-0.15, -0.1) is 0 Å². The molecule has 1 aromatic carbocycles. The highest BCUT2D eigenvalue weighted by atomic mass is 16.5. The van der Waals surface area contributed by atoms with Crippen LogP contribution in [-0.4, -0.2) is 35.9 Å². The second-order valence-electron chi connectivity index (χ2n) is 7.33. The first-order chi connectivity index (χ1) is 14.1. The molecule has 0 amide bonds. The molecule has 154 valence electrons. The number of nitrogens with one attached hydrogen (secondary N) is 1. The summed E-state index contributed by atoms with van der Waals surface area (Å²) >= 11 is 0. The van der Waals surface area contributed by atoms with Gasteiger partial charge in [-0.3, -0.25) is 5.43 Å². The number of nitrogens with zero attached hydrogens (tertiary/aromatic N) is 4. The number of aromatic nitrogens is 2. The number of anilines is 2. The van der Waals surface area contributed by atoms with Gasteiger partial charge in [0.15, 0.2) is 5.82 Å². The summed E-state index contributed by atoms with van der Waals surface area (Å²) in [4.78, 5) is 11.8. The van der Waals surface area contributed by atoms with E-state index in [1.807, 2.05) is 31.3 Å². The van der Waals surface area contributed by atoms with E-state index < -0.39 is 0 Å². The molecule has 2 aromatic rings. The fourth-order valence-electron chi connectivity index (χ4n) is 3.39. The molecule has 0 bridgehead atoms.